The fraction of sp³-hybridized carbons (Fsp3) is 0.660. The molecule has 3 unspecified atom stereocenters. The van der Waals surface area contributed by atoms with Crippen molar-refractivity contribution in [3.05, 3.63) is 141 Å². The predicted molar refractivity (Wildman–Crippen MR) is 506 cm³/mol. The molecule has 3 aromatic rings. The Bertz CT molecular complexity index is 5110. The molecule has 6 saturated carbocycles. The monoisotopic (exact) mass is 2250 g/mol. The van der Waals surface area contributed by atoms with Gasteiger partial charge in [0.05, 0.1) is 66.7 Å². The number of carbonyl (C=O) groups is 10. The molecule has 0 spiro atoms. The van der Waals surface area contributed by atoms with Gasteiger partial charge in [0.25, 0.3) is 0 Å². The second-order valence-electron chi connectivity index (χ2n) is 43.6. The van der Waals surface area contributed by atoms with Crippen molar-refractivity contribution in [2.45, 2.75) is 330 Å². The van der Waals surface area contributed by atoms with Gasteiger partial charge >= 0.3 is 102 Å². The van der Waals surface area contributed by atoms with Crippen LogP contribution < -0.4 is 0 Å². The van der Waals surface area contributed by atoms with Crippen molar-refractivity contribution in [2.75, 3.05) is 19.8 Å². The van der Waals surface area contributed by atoms with E-state index in [9.17, 15) is 68.7 Å². The van der Waals surface area contributed by atoms with Crippen LogP contribution >= 0.6 is 28.6 Å². The number of carbonyl (C=O) groups excluding carboxylic acids is 10. The molecule has 15 rings (SSSR count). The number of hydrogen-bond acceptors (Lipinski definition) is 28. The van der Waals surface area contributed by atoms with Crippen LogP contribution in [0.15, 0.2) is 124 Å². The number of hydrogen-bond donors (Lipinski definition) is 5. The zero-order valence-electron chi connectivity index (χ0n) is 81.4. The number of ether oxygens (including phenoxy) is 11. The molecular weight excluding hydrogens is 2110 g/mol. The SMILES string of the molecule is CC(=O)O[C@@H]1C(=O)C2=C(C)[C@@H](O[Si](C)(C)C)C[C@@](O)([C@@H](OC(=O)c3ccccc3)C3[C@@]1(C)[C@@H](C)C[C@H]1OC[C@@]31OC(C)=O)C2(C)C.CC(=O)O[C@@H]1[C@H](O)C2=C(C)[C@@H](O)C[C@@](O)([C@@H](OC(=O)c3ccccc3)C3[C@@]1(C)[C@@H](C)C[C@H]1OC[C@@]31OC(C)=O)C2(C)C.CC(=O)O[C@@]12CO[C@@H]1C[C@H](C)[C@@]1(C)CC(=O)C3=C(C)[C@@H](O[Si](C)(C)C)C[C@@](O)([C@@H](OC(=O)c4ccccc4)C12)C3(C)C.[I][Sm][I]. The Labute approximate surface area is 815 Å². The molecule has 33 heteroatoms. The first-order chi connectivity index (χ1) is 61.5. The average molecular weight is 2250 g/mol. The van der Waals surface area contributed by atoms with E-state index in [1.807, 2.05) is 88.0 Å². The van der Waals surface area contributed by atoms with Crippen molar-refractivity contribution in [3.8, 4) is 0 Å². The van der Waals surface area contributed by atoms with Gasteiger partial charge in [0, 0.05) is 104 Å². The molecule has 28 nitrogen and oxygen atoms in total. The van der Waals surface area contributed by atoms with Crippen molar-refractivity contribution in [2.24, 2.45) is 68.0 Å². The Kier molecular flexibility index (Phi) is 30.7. The molecule has 3 aromatic carbocycles. The molecule has 3 aliphatic heterocycles. The Morgan fingerprint density at radius 1 is 0.429 bits per heavy atom. The number of Topliss-reactive ketones (excluding diaryl/α,β-unsaturated/α-hetero) is 2. The minimum absolute atomic E-state index is 0.0144. The van der Waals surface area contributed by atoms with Crippen molar-refractivity contribution in [1.82, 2.24) is 0 Å². The van der Waals surface area contributed by atoms with Crippen LogP contribution in [0.5, 0.6) is 0 Å². The van der Waals surface area contributed by atoms with Crippen molar-refractivity contribution in [3.63, 3.8) is 0 Å². The predicted octanol–water partition coefficient (Wildman–Crippen LogP) is 14.5. The third-order valence-electron chi connectivity index (χ3n) is 32.8. The second-order valence-corrected chi connectivity index (χ2v) is 71.9. The first-order valence-corrected chi connectivity index (χ1v) is 67.9. The van der Waals surface area contributed by atoms with Crippen molar-refractivity contribution in [1.29, 1.82) is 0 Å². The Hall–Kier alpha value is -5.19. The van der Waals surface area contributed by atoms with Crippen LogP contribution in [0.4, 0.5) is 0 Å². The van der Waals surface area contributed by atoms with Gasteiger partial charge in [-0.15, -0.1) is 0 Å². The van der Waals surface area contributed by atoms with Crippen LogP contribution in [0.1, 0.15) is 214 Å². The summed E-state index contributed by atoms with van der Waals surface area (Å²) in [5.41, 5.74) is -12.6. The van der Waals surface area contributed by atoms with Gasteiger partial charge in [-0.3, -0.25) is 33.6 Å². The summed E-state index contributed by atoms with van der Waals surface area (Å²) in [5, 5.41) is 63.0. The fourth-order valence-corrected chi connectivity index (χ4v) is 28.1. The minimum atomic E-state index is -2.26. The summed E-state index contributed by atoms with van der Waals surface area (Å²) in [6, 6.07) is 25.5. The topological polar surface area (TPSA) is 392 Å². The van der Waals surface area contributed by atoms with Crippen molar-refractivity contribution < 1.29 is 160 Å². The Morgan fingerprint density at radius 3 is 1.11 bits per heavy atom. The molecule has 133 heavy (non-hydrogen) atoms. The van der Waals surface area contributed by atoms with E-state index < -0.39 is 227 Å². The Balaban J connectivity index is 0.000000177. The van der Waals surface area contributed by atoms with Gasteiger partial charge in [-0.1, -0.05) is 138 Å². The molecule has 27 atom stereocenters. The van der Waals surface area contributed by atoms with E-state index in [1.165, 1.54) is 34.6 Å². The zero-order valence-corrected chi connectivity index (χ0v) is 90.3. The molecule has 9 fully saturated rings. The van der Waals surface area contributed by atoms with Crippen LogP contribution in [0.2, 0.25) is 39.3 Å². The molecule has 3 heterocycles. The number of aliphatic hydroxyl groups excluding tert-OH is 2. The van der Waals surface area contributed by atoms with Crippen LogP contribution in [-0.4, -0.2) is 228 Å². The summed E-state index contributed by atoms with van der Waals surface area (Å²) in [4.78, 5) is 135. The Morgan fingerprint density at radius 2 is 0.759 bits per heavy atom. The van der Waals surface area contributed by atoms with E-state index in [1.54, 1.807) is 120 Å². The summed E-state index contributed by atoms with van der Waals surface area (Å²) in [6.45, 7) is 46.4. The first-order valence-electron chi connectivity index (χ1n) is 46.1. The summed E-state index contributed by atoms with van der Waals surface area (Å²) < 4.78 is 81.1. The van der Waals surface area contributed by atoms with E-state index in [4.69, 9.17) is 61.0 Å². The molecule has 5 N–H and O–H groups in total. The van der Waals surface area contributed by atoms with Crippen LogP contribution in [-0.2, 0) is 94.5 Å². The molecule has 0 radical (unpaired) electrons. The summed E-state index contributed by atoms with van der Waals surface area (Å²) in [5.74, 6) is -8.92. The maximum atomic E-state index is 15.1. The standard InChI is InChI=1S/C35H48O10Si.C33H46O8Si.C32H42O10.2HI.Sm/c1-19-16-25-34(18-41-25,44-22(4)37)28-30(43-31(39)23-14-12-11-13-15-23)35(40)17-24(45-46(8,9)10)20(2)26(32(35,5)6)27(38)29(33(19,28)7)42-21(3)36;1-19-15-25-32(18-38-25,40-21(3)34)27-28(39-29(36)22-13-11-10-12-14-22)33(37)17-24(41-42(7,8)9)20(2)26(30(33,4)5)23(35)16-31(19,27)6;1-16-13-22-31(15-39-22,42-19(4)34)25-27(41-28(37)20-11-9-8-10-12-20)32(38)14-21(35)17(2)23(29(32,5)6)24(36)26(30(16,25)7)40-18(3)33;;;/h11-15,19,24-25,28-30,40H,16-18H2,1-10H3;10-14,19,24-25,27-28,37H,15-18H2,1-9H3;8-12,16,21-22,24-27,35-36,38H,13-15H2,1-7H3;2*1H;/q;;;;;+2/p-2/t19-,24-,25+,28?,29+,30-,33+,34-,35+;19-,24-,25+,27?,28-,31+,32-,33+;16-,21-,22+,24+,25?,26+,27-,30+,31-,32+;;;/m000.../s1. The number of aliphatic hydroxyl groups is 5. The van der Waals surface area contributed by atoms with Gasteiger partial charge in [-0.25, -0.2) is 14.4 Å². The quantitative estimate of drug-likeness (QED) is 0.0310. The molecule has 732 valence electrons. The zero-order chi connectivity index (χ0) is 98.9. The summed E-state index contributed by atoms with van der Waals surface area (Å²) in [6.07, 6.45) is -10.5. The number of esters is 8. The van der Waals surface area contributed by atoms with E-state index >= 15 is 4.79 Å². The van der Waals surface area contributed by atoms with Crippen LogP contribution in [0.3, 0.4) is 0 Å². The first kappa shape index (κ1) is 107. The second kappa shape index (κ2) is 38.3. The number of benzene rings is 3. The molecule has 0 aromatic heterocycles. The van der Waals surface area contributed by atoms with E-state index in [0.29, 0.717) is 47.1 Å². The maximum absolute atomic E-state index is 15.1. The number of fused-ring (bicyclic) bond motifs is 15. The number of halogens is 2. The normalized spacial score (nSPS) is 39.0. The molecule has 0 amide bonds. The van der Waals surface area contributed by atoms with Crippen LogP contribution in [0.25, 0.3) is 0 Å². The molecule has 9 aliphatic carbocycles. The van der Waals surface area contributed by atoms with Gasteiger partial charge in [0.15, 0.2) is 45.3 Å². The number of ketones is 2. The molecule has 3 saturated heterocycles. The van der Waals surface area contributed by atoms with E-state index in [-0.39, 0.29) is 111 Å². The number of rotatable bonds is 15. The van der Waals surface area contributed by atoms with Gasteiger partial charge < -0.3 is 86.5 Å². The van der Waals surface area contributed by atoms with Crippen molar-refractivity contribution >= 4 is 105 Å². The third-order valence-corrected chi connectivity index (χ3v) is 34.8. The van der Waals surface area contributed by atoms with E-state index in [0.717, 1.165) is 5.57 Å². The average Bonchev–Trinajstić information content (AvgIpc) is 0.782. The van der Waals surface area contributed by atoms with Gasteiger partial charge in [-0.2, -0.15) is 0 Å². The van der Waals surface area contributed by atoms with E-state index in [2.05, 4.69) is 55.1 Å². The molecular formula is C100H136I2O28Si2Sm. The summed E-state index contributed by atoms with van der Waals surface area (Å²) in [7, 11) is -4.40. The summed E-state index contributed by atoms with van der Waals surface area (Å²) >= 11 is 5.07. The van der Waals surface area contributed by atoms with Gasteiger partial charge in [0.2, 0.25) is 5.78 Å². The molecule has 12 aliphatic rings. The van der Waals surface area contributed by atoms with Gasteiger partial charge in [-0.05, 0) is 161 Å². The van der Waals surface area contributed by atoms with Gasteiger partial charge in [0.1, 0.15) is 65.6 Å². The van der Waals surface area contributed by atoms with Crippen LogP contribution in [0, 0.1) is 93.5 Å². The molecule has 6 bridgehead atoms. The fourth-order valence-electron chi connectivity index (χ4n) is 25.8. The third kappa shape index (κ3) is 18.3.